The molecule has 0 N–H and O–H groups in total. The van der Waals surface area contributed by atoms with Crippen LogP contribution in [0.2, 0.25) is 0 Å². The Morgan fingerprint density at radius 3 is 1.42 bits per heavy atom. The Morgan fingerprint density at radius 1 is 0.328 bits per heavy atom. The van der Waals surface area contributed by atoms with E-state index >= 15 is 0 Å². The van der Waals surface area contributed by atoms with Crippen LogP contribution in [0.3, 0.4) is 0 Å². The summed E-state index contributed by atoms with van der Waals surface area (Å²) in [5.74, 6) is 0. The average Bonchev–Trinajstić information content (AvgIpc) is 3.38. The van der Waals surface area contributed by atoms with E-state index in [1.54, 1.807) is 0 Å². The number of aromatic nitrogens is 1. The molecule has 1 unspecified atom stereocenters. The van der Waals surface area contributed by atoms with Gasteiger partial charge in [-0.1, -0.05) is 236 Å². The molecule has 2 nitrogen and oxygen atoms in total. The van der Waals surface area contributed by atoms with Gasteiger partial charge in [-0.3, -0.25) is 0 Å². The molecule has 0 amide bonds. The van der Waals surface area contributed by atoms with Crippen molar-refractivity contribution in [2.45, 2.75) is 6.04 Å². The molecule has 2 heterocycles. The Kier molecular flexibility index (Phi) is 9.27. The Balaban J connectivity index is 1.05. The summed E-state index contributed by atoms with van der Waals surface area (Å²) in [7, 11) is 0. The van der Waals surface area contributed by atoms with Crippen molar-refractivity contribution < 1.29 is 0 Å². The summed E-state index contributed by atoms with van der Waals surface area (Å²) in [5, 5.41) is 11.6. The maximum absolute atomic E-state index is 5.60. The van der Waals surface area contributed by atoms with Crippen molar-refractivity contribution >= 4 is 44.2 Å². The van der Waals surface area contributed by atoms with Crippen LogP contribution in [0.4, 0.5) is 5.69 Å². The number of hydrogen-bond donors (Lipinski definition) is 0. The minimum atomic E-state index is -0.120. The molecule has 11 aromatic rings. The van der Waals surface area contributed by atoms with Gasteiger partial charge in [0, 0.05) is 10.9 Å². The Morgan fingerprint density at radius 2 is 0.797 bits per heavy atom. The van der Waals surface area contributed by atoms with E-state index in [9.17, 15) is 0 Å². The van der Waals surface area contributed by atoms with Crippen LogP contribution in [-0.4, -0.2) is 4.98 Å². The normalized spacial score (nSPS) is 13.2. The molecular weight excluding hydrogens is 773 g/mol. The molecule has 0 bridgehead atoms. The van der Waals surface area contributed by atoms with Gasteiger partial charge in [-0.2, -0.15) is 0 Å². The molecule has 1 aliphatic heterocycles. The Bertz CT molecular complexity index is 3540. The SMILES string of the molecule is C1=CC(c2ccccc2)[N-]c2c1c(-c1ccccc1)c(-c1ccccc1)c1ccc(-c3cccc(-c4ccc5c(-c6ccccc6)c6ccccc6c(-c6ccccc6)c5c4)c3)nc21. The van der Waals surface area contributed by atoms with E-state index < -0.39 is 0 Å². The van der Waals surface area contributed by atoms with Crippen molar-refractivity contribution in [3.63, 3.8) is 0 Å². The lowest BCUT2D eigenvalue weighted by molar-refractivity contribution is 1.04. The zero-order valence-corrected chi connectivity index (χ0v) is 35.1. The monoisotopic (exact) mass is 813 g/mol. The maximum atomic E-state index is 5.60. The van der Waals surface area contributed by atoms with E-state index in [1.807, 2.05) is 0 Å². The van der Waals surface area contributed by atoms with Crippen LogP contribution < -0.4 is 0 Å². The predicted octanol–water partition coefficient (Wildman–Crippen LogP) is 17.3. The van der Waals surface area contributed by atoms with Crippen molar-refractivity contribution in [2.75, 3.05) is 0 Å². The topological polar surface area (TPSA) is 27.0 Å². The molecule has 12 rings (SSSR count). The number of benzene rings is 10. The van der Waals surface area contributed by atoms with E-state index in [0.29, 0.717) is 0 Å². The second kappa shape index (κ2) is 15.9. The molecule has 0 fully saturated rings. The summed E-state index contributed by atoms with van der Waals surface area (Å²) in [6, 6.07) is 82.7. The molecule has 0 saturated carbocycles. The second-order valence-corrected chi connectivity index (χ2v) is 16.5. The molecule has 1 aliphatic rings. The number of hydrogen-bond acceptors (Lipinski definition) is 1. The minimum absolute atomic E-state index is 0.120. The summed E-state index contributed by atoms with van der Waals surface area (Å²) in [6.45, 7) is 0. The van der Waals surface area contributed by atoms with Crippen LogP contribution in [0.15, 0.2) is 237 Å². The largest absolute Gasteiger partial charge is 0.673 e. The van der Waals surface area contributed by atoms with Crippen LogP contribution in [0, 0.1) is 0 Å². The molecular formula is C62H41N2-. The lowest BCUT2D eigenvalue weighted by Gasteiger charge is -2.39. The molecule has 0 saturated heterocycles. The third kappa shape index (κ3) is 6.47. The van der Waals surface area contributed by atoms with Gasteiger partial charge in [0.2, 0.25) is 0 Å². The van der Waals surface area contributed by atoms with Crippen molar-refractivity contribution in [1.82, 2.24) is 4.98 Å². The van der Waals surface area contributed by atoms with Gasteiger partial charge in [-0.25, -0.2) is 4.98 Å². The van der Waals surface area contributed by atoms with Crippen LogP contribution in [0.5, 0.6) is 0 Å². The quantitative estimate of drug-likeness (QED) is 0.147. The van der Waals surface area contributed by atoms with E-state index in [2.05, 4.69) is 243 Å². The smallest absolute Gasteiger partial charge is 0.0709 e. The molecule has 2 heteroatoms. The minimum Gasteiger partial charge on any atom is -0.673 e. The van der Waals surface area contributed by atoms with Crippen molar-refractivity contribution in [3.05, 3.63) is 253 Å². The van der Waals surface area contributed by atoms with Crippen LogP contribution >= 0.6 is 0 Å². The fourth-order valence-electron chi connectivity index (χ4n) is 9.87. The fourth-order valence-corrected chi connectivity index (χ4v) is 9.87. The standard InChI is InChI=1S/C62H41N2/c1-6-19-41(20-7-1)55-37-35-52-59(44-25-12-4-13-26-44)60(45-27-14-5-15-28-45)53-36-38-56(64-62(53)61(52)63-55)48-30-18-29-46(39-48)47-33-34-51-54(40-47)58(43-23-10-3-11-24-43)50-32-17-16-31-49(50)57(51)42-21-8-2-9-22-42/h1-40,55H/q-1. The number of pyridine rings is 1. The summed E-state index contributed by atoms with van der Waals surface area (Å²) >= 11 is 0. The van der Waals surface area contributed by atoms with E-state index in [-0.39, 0.29) is 6.04 Å². The molecule has 64 heavy (non-hydrogen) atoms. The highest BCUT2D eigenvalue weighted by molar-refractivity contribution is 6.22. The predicted molar refractivity (Wildman–Crippen MR) is 271 cm³/mol. The van der Waals surface area contributed by atoms with Crippen LogP contribution in [0.1, 0.15) is 17.2 Å². The number of nitrogens with zero attached hydrogens (tertiary/aromatic N) is 2. The summed E-state index contributed by atoms with van der Waals surface area (Å²) in [6.07, 6.45) is 4.51. The number of fused-ring (bicyclic) bond motifs is 5. The fraction of sp³-hybridized carbons (Fsp3) is 0.0161. The second-order valence-electron chi connectivity index (χ2n) is 16.5. The van der Waals surface area contributed by atoms with Gasteiger partial charge >= 0.3 is 0 Å². The van der Waals surface area contributed by atoms with E-state index in [4.69, 9.17) is 10.3 Å². The highest BCUT2D eigenvalue weighted by Gasteiger charge is 2.22. The Hall–Kier alpha value is -8.33. The summed E-state index contributed by atoms with van der Waals surface area (Å²) < 4.78 is 0. The molecule has 0 aliphatic carbocycles. The summed E-state index contributed by atoms with van der Waals surface area (Å²) in [5.41, 5.74) is 17.9. The molecule has 300 valence electrons. The first kappa shape index (κ1) is 37.4. The van der Waals surface area contributed by atoms with Gasteiger partial charge in [-0.15, -0.1) is 5.69 Å². The molecule has 0 radical (unpaired) electrons. The Labute approximate surface area is 373 Å². The van der Waals surface area contributed by atoms with Gasteiger partial charge in [-0.05, 0) is 101 Å². The molecule has 1 aromatic heterocycles. The first-order chi connectivity index (χ1) is 31.8. The van der Waals surface area contributed by atoms with Crippen molar-refractivity contribution in [3.8, 4) is 66.9 Å². The van der Waals surface area contributed by atoms with E-state index in [1.165, 1.54) is 54.9 Å². The average molecular weight is 814 g/mol. The lowest BCUT2D eigenvalue weighted by Crippen LogP contribution is -2.02. The van der Waals surface area contributed by atoms with Gasteiger partial charge in [0.1, 0.15) is 0 Å². The zero-order valence-electron chi connectivity index (χ0n) is 35.1. The van der Waals surface area contributed by atoms with Gasteiger partial charge in [0.15, 0.2) is 0 Å². The summed E-state index contributed by atoms with van der Waals surface area (Å²) in [4.78, 5) is 5.60. The first-order valence-electron chi connectivity index (χ1n) is 22.0. The van der Waals surface area contributed by atoms with Gasteiger partial charge < -0.3 is 5.32 Å². The maximum Gasteiger partial charge on any atom is 0.0709 e. The zero-order chi connectivity index (χ0) is 42.4. The third-order valence-electron chi connectivity index (χ3n) is 12.8. The van der Waals surface area contributed by atoms with Gasteiger partial charge in [0.05, 0.1) is 11.2 Å². The lowest BCUT2D eigenvalue weighted by atomic mass is 9.84. The molecule has 1 atom stereocenters. The van der Waals surface area contributed by atoms with Crippen LogP contribution in [-0.2, 0) is 0 Å². The van der Waals surface area contributed by atoms with Crippen molar-refractivity contribution in [2.24, 2.45) is 0 Å². The highest BCUT2D eigenvalue weighted by Crippen LogP contribution is 2.53. The molecule has 0 spiro atoms. The first-order valence-corrected chi connectivity index (χ1v) is 22.0. The van der Waals surface area contributed by atoms with Crippen molar-refractivity contribution in [1.29, 1.82) is 0 Å². The highest BCUT2D eigenvalue weighted by atomic mass is 14.9. The van der Waals surface area contributed by atoms with Crippen LogP contribution in [0.25, 0.3) is 111 Å². The van der Waals surface area contributed by atoms with E-state index in [0.717, 1.165) is 61.2 Å². The number of rotatable bonds is 7. The molecule has 10 aromatic carbocycles. The van der Waals surface area contributed by atoms with Gasteiger partial charge in [0.25, 0.3) is 0 Å². The third-order valence-corrected chi connectivity index (χ3v) is 12.8.